The van der Waals surface area contributed by atoms with Crippen molar-refractivity contribution < 1.29 is 4.74 Å². The molecule has 1 aromatic carbocycles. The lowest BCUT2D eigenvalue weighted by molar-refractivity contribution is 0.414. The number of anilines is 1. The molecule has 0 saturated carbocycles. The van der Waals surface area contributed by atoms with Crippen molar-refractivity contribution in [1.29, 1.82) is 0 Å². The van der Waals surface area contributed by atoms with Crippen molar-refractivity contribution in [3.05, 3.63) is 52.3 Å². The first-order chi connectivity index (χ1) is 9.58. The van der Waals surface area contributed by atoms with E-state index >= 15 is 0 Å². The molecule has 1 atom stereocenters. The molecule has 0 aliphatic carbocycles. The maximum Gasteiger partial charge on any atom is 0.118 e. The summed E-state index contributed by atoms with van der Waals surface area (Å²) in [6.45, 7) is 4.21. The van der Waals surface area contributed by atoms with Crippen LogP contribution in [0.2, 0.25) is 0 Å². The summed E-state index contributed by atoms with van der Waals surface area (Å²) in [6.07, 6.45) is 2.81. The molecule has 0 fully saturated rings. The van der Waals surface area contributed by atoms with Crippen LogP contribution in [0, 0.1) is 6.92 Å². The number of methoxy groups -OCH3 is 1. The van der Waals surface area contributed by atoms with E-state index in [0.717, 1.165) is 28.0 Å². The van der Waals surface area contributed by atoms with Crippen LogP contribution in [0.1, 0.15) is 18.1 Å². The first-order valence-electron chi connectivity index (χ1n) is 6.60. The average molecular weight is 335 g/mol. The Labute approximate surface area is 128 Å². The van der Waals surface area contributed by atoms with E-state index in [4.69, 9.17) is 4.74 Å². The van der Waals surface area contributed by atoms with Gasteiger partial charge >= 0.3 is 0 Å². The van der Waals surface area contributed by atoms with Gasteiger partial charge in [-0.1, -0.05) is 12.1 Å². The highest BCUT2D eigenvalue weighted by atomic mass is 79.9. The molecule has 0 amide bonds. The Hall–Kier alpha value is -1.55. The molecule has 0 saturated heterocycles. The fraction of sp³-hybridized carbons (Fsp3) is 0.312. The maximum absolute atomic E-state index is 5.17. The quantitative estimate of drug-likeness (QED) is 0.832. The van der Waals surface area contributed by atoms with Crippen LogP contribution in [0.3, 0.4) is 0 Å². The number of pyridine rings is 1. The molecular weight excluding hydrogens is 316 g/mol. The summed E-state index contributed by atoms with van der Waals surface area (Å²) in [5.41, 5.74) is 3.46. The van der Waals surface area contributed by atoms with Crippen LogP contribution >= 0.6 is 15.9 Å². The average Bonchev–Trinajstić information content (AvgIpc) is 2.44. The second kappa shape index (κ2) is 6.75. The van der Waals surface area contributed by atoms with Crippen LogP contribution in [0.25, 0.3) is 0 Å². The predicted molar refractivity (Wildman–Crippen MR) is 86.5 cm³/mol. The number of nitrogens with one attached hydrogen (secondary N) is 1. The van der Waals surface area contributed by atoms with Crippen molar-refractivity contribution >= 4 is 21.6 Å². The fourth-order valence-corrected chi connectivity index (χ4v) is 2.30. The van der Waals surface area contributed by atoms with Crippen molar-refractivity contribution in [1.82, 2.24) is 4.98 Å². The zero-order chi connectivity index (χ0) is 14.5. The number of halogens is 1. The first kappa shape index (κ1) is 14.9. The van der Waals surface area contributed by atoms with Gasteiger partial charge in [0.05, 0.1) is 19.0 Å². The maximum atomic E-state index is 5.17. The third-order valence-corrected chi connectivity index (χ3v) is 3.96. The number of benzene rings is 1. The number of hydrogen-bond acceptors (Lipinski definition) is 3. The summed E-state index contributed by atoms with van der Waals surface area (Å²) in [4.78, 5) is 4.30. The summed E-state index contributed by atoms with van der Waals surface area (Å²) in [5.74, 6) is 0.891. The van der Waals surface area contributed by atoms with Crippen molar-refractivity contribution in [2.24, 2.45) is 0 Å². The fourth-order valence-electron chi connectivity index (χ4n) is 2.09. The summed E-state index contributed by atoms with van der Waals surface area (Å²) in [6, 6.07) is 10.6. The summed E-state index contributed by atoms with van der Waals surface area (Å²) in [7, 11) is 1.68. The summed E-state index contributed by atoms with van der Waals surface area (Å²) < 4.78 is 6.06. The number of aryl methyl sites for hydroxylation is 1. The van der Waals surface area contributed by atoms with Gasteiger partial charge in [-0.15, -0.1) is 0 Å². The number of rotatable bonds is 5. The lowest BCUT2D eigenvalue weighted by Crippen LogP contribution is -2.18. The van der Waals surface area contributed by atoms with E-state index in [0.29, 0.717) is 6.04 Å². The second-order valence-electron chi connectivity index (χ2n) is 4.93. The van der Waals surface area contributed by atoms with Gasteiger partial charge in [0.25, 0.3) is 0 Å². The normalized spacial score (nSPS) is 12.0. The Bertz CT molecular complexity index is 569. The van der Waals surface area contributed by atoms with Crippen molar-refractivity contribution in [3.63, 3.8) is 0 Å². The molecule has 0 radical (unpaired) electrons. The van der Waals surface area contributed by atoms with Gasteiger partial charge in [0.2, 0.25) is 0 Å². The van der Waals surface area contributed by atoms with Crippen LogP contribution < -0.4 is 10.1 Å². The molecule has 0 aliphatic heterocycles. The van der Waals surface area contributed by atoms with E-state index in [9.17, 15) is 0 Å². The third-order valence-electron chi connectivity index (χ3n) is 3.13. The molecule has 4 heteroatoms. The molecule has 0 spiro atoms. The molecule has 1 heterocycles. The molecule has 0 bridgehead atoms. The SMILES string of the molecule is COc1ccc(CC(C)Nc2cnc(Br)c(C)c2)cc1. The van der Waals surface area contributed by atoms with Crippen LogP contribution in [0.15, 0.2) is 41.1 Å². The Morgan fingerprint density at radius 2 is 2.00 bits per heavy atom. The number of nitrogens with zero attached hydrogens (tertiary/aromatic N) is 1. The van der Waals surface area contributed by atoms with Gasteiger partial charge in [-0.3, -0.25) is 0 Å². The molecule has 1 aromatic heterocycles. The van der Waals surface area contributed by atoms with E-state index in [1.165, 1.54) is 5.56 Å². The smallest absolute Gasteiger partial charge is 0.118 e. The highest BCUT2D eigenvalue weighted by molar-refractivity contribution is 9.10. The molecule has 1 unspecified atom stereocenters. The van der Waals surface area contributed by atoms with E-state index in [2.05, 4.69) is 51.4 Å². The highest BCUT2D eigenvalue weighted by Crippen LogP contribution is 2.18. The largest absolute Gasteiger partial charge is 0.497 e. The molecule has 2 rings (SSSR count). The van der Waals surface area contributed by atoms with Crippen LogP contribution in [0.5, 0.6) is 5.75 Å². The van der Waals surface area contributed by atoms with Gasteiger partial charge in [0, 0.05) is 6.04 Å². The summed E-state index contributed by atoms with van der Waals surface area (Å²) >= 11 is 3.41. The Morgan fingerprint density at radius 1 is 1.30 bits per heavy atom. The molecule has 20 heavy (non-hydrogen) atoms. The Balaban J connectivity index is 1.97. The van der Waals surface area contributed by atoms with Gasteiger partial charge in [0.15, 0.2) is 0 Å². The van der Waals surface area contributed by atoms with Gasteiger partial charge in [-0.25, -0.2) is 4.98 Å². The lowest BCUT2D eigenvalue weighted by atomic mass is 10.1. The van der Waals surface area contributed by atoms with Gasteiger partial charge in [-0.05, 0) is 65.5 Å². The molecule has 0 aliphatic rings. The van der Waals surface area contributed by atoms with Crippen molar-refractivity contribution in [2.45, 2.75) is 26.3 Å². The topological polar surface area (TPSA) is 34.1 Å². The first-order valence-corrected chi connectivity index (χ1v) is 7.39. The lowest BCUT2D eigenvalue weighted by Gasteiger charge is -2.16. The van der Waals surface area contributed by atoms with Crippen LogP contribution in [-0.2, 0) is 6.42 Å². The molecule has 3 nitrogen and oxygen atoms in total. The van der Waals surface area contributed by atoms with E-state index in [1.807, 2.05) is 25.3 Å². The van der Waals surface area contributed by atoms with Gasteiger partial charge < -0.3 is 10.1 Å². The van der Waals surface area contributed by atoms with Crippen molar-refractivity contribution in [3.8, 4) is 5.75 Å². The number of aromatic nitrogens is 1. The summed E-state index contributed by atoms with van der Waals surface area (Å²) in [5, 5.41) is 3.47. The number of hydrogen-bond donors (Lipinski definition) is 1. The van der Waals surface area contributed by atoms with Crippen LogP contribution in [-0.4, -0.2) is 18.1 Å². The predicted octanol–water partition coefficient (Wildman–Crippen LogP) is 4.20. The van der Waals surface area contributed by atoms with Gasteiger partial charge in [0.1, 0.15) is 10.4 Å². The van der Waals surface area contributed by atoms with E-state index < -0.39 is 0 Å². The minimum absolute atomic E-state index is 0.339. The Morgan fingerprint density at radius 3 is 2.60 bits per heavy atom. The minimum Gasteiger partial charge on any atom is -0.497 e. The van der Waals surface area contributed by atoms with E-state index in [-0.39, 0.29) is 0 Å². The van der Waals surface area contributed by atoms with Gasteiger partial charge in [-0.2, -0.15) is 0 Å². The third kappa shape index (κ3) is 3.97. The molecular formula is C16H19BrN2O. The monoisotopic (exact) mass is 334 g/mol. The standard InChI is InChI=1S/C16H19BrN2O/c1-11-8-14(10-18-16(11)17)19-12(2)9-13-4-6-15(20-3)7-5-13/h4-8,10,12,19H,9H2,1-3H3. The van der Waals surface area contributed by atoms with Crippen LogP contribution in [0.4, 0.5) is 5.69 Å². The molecule has 2 aromatic rings. The van der Waals surface area contributed by atoms with Crippen molar-refractivity contribution in [2.75, 3.05) is 12.4 Å². The highest BCUT2D eigenvalue weighted by Gasteiger charge is 2.05. The number of ether oxygens (including phenoxy) is 1. The molecule has 1 N–H and O–H groups in total. The van der Waals surface area contributed by atoms with E-state index in [1.54, 1.807) is 7.11 Å². The zero-order valence-corrected chi connectivity index (χ0v) is 13.6. The molecule has 106 valence electrons. The minimum atomic E-state index is 0.339. The second-order valence-corrected chi connectivity index (χ2v) is 5.68. The Kier molecular flexibility index (Phi) is 5.01. The zero-order valence-electron chi connectivity index (χ0n) is 12.0.